The molecule has 1 amide bonds. The number of H-pyrrole nitrogens is 1. The highest BCUT2D eigenvalue weighted by molar-refractivity contribution is 5.79. The summed E-state index contributed by atoms with van der Waals surface area (Å²) in [6.07, 6.45) is 0.588. The Labute approximate surface area is 161 Å². The molecule has 0 aliphatic carbocycles. The molecule has 2 N–H and O–H groups in total. The van der Waals surface area contributed by atoms with Crippen LogP contribution in [-0.4, -0.2) is 22.6 Å². The third kappa shape index (κ3) is 4.01. The monoisotopic (exact) mass is 373 g/mol. The first kappa shape index (κ1) is 17.7. The number of hydrogen-bond acceptors (Lipinski definition) is 4. The van der Waals surface area contributed by atoms with Crippen molar-refractivity contribution in [2.45, 2.75) is 12.8 Å². The van der Waals surface area contributed by atoms with Gasteiger partial charge in [-0.25, -0.2) is 0 Å². The van der Waals surface area contributed by atoms with Gasteiger partial charge in [0.05, 0.1) is 12.1 Å². The van der Waals surface area contributed by atoms with Crippen molar-refractivity contribution >= 4 is 16.8 Å². The fourth-order valence-electron chi connectivity index (χ4n) is 3.08. The zero-order valence-corrected chi connectivity index (χ0v) is 15.1. The summed E-state index contributed by atoms with van der Waals surface area (Å²) in [7, 11) is 0. The fourth-order valence-corrected chi connectivity index (χ4v) is 3.08. The molecule has 0 fully saturated rings. The van der Waals surface area contributed by atoms with E-state index in [0.717, 1.165) is 16.5 Å². The van der Waals surface area contributed by atoms with Crippen LogP contribution in [0.5, 0.6) is 0 Å². The molecule has 2 aromatic heterocycles. The first-order valence-corrected chi connectivity index (χ1v) is 9.08. The van der Waals surface area contributed by atoms with Gasteiger partial charge in [0, 0.05) is 29.3 Å². The lowest BCUT2D eigenvalue weighted by molar-refractivity contribution is -0.120. The molecule has 0 spiro atoms. The van der Waals surface area contributed by atoms with Gasteiger partial charge in [-0.3, -0.25) is 9.59 Å². The Morgan fingerprint density at radius 3 is 2.68 bits per heavy atom. The van der Waals surface area contributed by atoms with E-state index in [1.165, 1.54) is 0 Å². The molecule has 6 nitrogen and oxygen atoms in total. The number of aromatic amines is 1. The molecule has 0 radical (unpaired) electrons. The van der Waals surface area contributed by atoms with Crippen LogP contribution in [0.25, 0.3) is 22.2 Å². The van der Waals surface area contributed by atoms with Crippen molar-refractivity contribution in [1.82, 2.24) is 15.5 Å². The molecule has 0 unspecified atom stereocenters. The van der Waals surface area contributed by atoms with Crippen LogP contribution in [-0.2, 0) is 17.6 Å². The van der Waals surface area contributed by atoms with E-state index in [1.807, 2.05) is 60.7 Å². The highest BCUT2D eigenvalue weighted by atomic mass is 16.5. The Morgan fingerprint density at radius 2 is 1.82 bits per heavy atom. The number of nitrogens with one attached hydrogen (secondary N) is 2. The Kier molecular flexibility index (Phi) is 5.01. The van der Waals surface area contributed by atoms with E-state index in [0.29, 0.717) is 30.0 Å². The van der Waals surface area contributed by atoms with E-state index in [-0.39, 0.29) is 17.9 Å². The van der Waals surface area contributed by atoms with Crippen LogP contribution in [0.15, 0.2) is 76.0 Å². The van der Waals surface area contributed by atoms with Crippen molar-refractivity contribution in [3.8, 4) is 11.3 Å². The topological polar surface area (TPSA) is 88.0 Å². The lowest BCUT2D eigenvalue weighted by atomic mass is 10.1. The minimum Gasteiger partial charge on any atom is -0.356 e. The average molecular weight is 373 g/mol. The predicted molar refractivity (Wildman–Crippen MR) is 107 cm³/mol. The number of rotatable bonds is 6. The van der Waals surface area contributed by atoms with E-state index in [2.05, 4.69) is 15.5 Å². The van der Waals surface area contributed by atoms with Crippen LogP contribution in [0, 0.1) is 0 Å². The summed E-state index contributed by atoms with van der Waals surface area (Å²) in [5, 5.41) is 7.76. The minimum atomic E-state index is -0.162. The Morgan fingerprint density at radius 1 is 1.04 bits per heavy atom. The lowest BCUT2D eigenvalue weighted by Gasteiger charge is -2.05. The third-order valence-corrected chi connectivity index (χ3v) is 4.51. The van der Waals surface area contributed by atoms with Crippen LogP contribution >= 0.6 is 0 Å². The van der Waals surface area contributed by atoms with Crippen molar-refractivity contribution in [1.29, 1.82) is 0 Å². The van der Waals surface area contributed by atoms with E-state index < -0.39 is 0 Å². The molecule has 28 heavy (non-hydrogen) atoms. The fraction of sp³-hybridized carbons (Fsp3) is 0.136. The standard InChI is InChI=1S/C22H19N3O3/c26-21(14-18-13-20(28-25-18)15-6-2-1-3-7-15)23-11-10-17-12-16-8-4-5-9-19(16)24-22(17)27/h1-9,12-13H,10-11,14H2,(H,23,26)(H,24,27). The number of amides is 1. The van der Waals surface area contributed by atoms with Crippen molar-refractivity contribution in [3.05, 3.63) is 88.3 Å². The molecule has 6 heteroatoms. The number of pyridine rings is 1. The molecule has 0 bridgehead atoms. The van der Waals surface area contributed by atoms with E-state index in [9.17, 15) is 9.59 Å². The second kappa shape index (κ2) is 7.92. The molecule has 4 rings (SSSR count). The Hall–Kier alpha value is -3.67. The molecule has 0 aliphatic rings. The normalized spacial score (nSPS) is 10.9. The van der Waals surface area contributed by atoms with Gasteiger partial charge < -0.3 is 14.8 Å². The smallest absolute Gasteiger partial charge is 0.251 e. The molecule has 0 atom stereocenters. The number of hydrogen-bond donors (Lipinski definition) is 2. The Bertz CT molecular complexity index is 1160. The molecular formula is C22H19N3O3. The lowest BCUT2D eigenvalue weighted by Crippen LogP contribution is -2.28. The van der Waals surface area contributed by atoms with E-state index in [1.54, 1.807) is 6.07 Å². The van der Waals surface area contributed by atoms with E-state index in [4.69, 9.17) is 4.52 Å². The number of carbonyl (C=O) groups is 1. The summed E-state index contributed by atoms with van der Waals surface area (Å²) in [6, 6.07) is 20.8. The van der Waals surface area contributed by atoms with Gasteiger partial charge in [-0.15, -0.1) is 0 Å². The summed E-state index contributed by atoms with van der Waals surface area (Å²) < 4.78 is 5.31. The van der Waals surface area contributed by atoms with Crippen molar-refractivity contribution in [2.24, 2.45) is 0 Å². The molecule has 2 heterocycles. The van der Waals surface area contributed by atoms with Gasteiger partial charge in [0.1, 0.15) is 0 Å². The molecular weight excluding hydrogens is 354 g/mol. The Balaban J connectivity index is 1.33. The second-order valence-corrected chi connectivity index (χ2v) is 6.54. The molecule has 2 aromatic carbocycles. The zero-order chi connectivity index (χ0) is 19.3. The summed E-state index contributed by atoms with van der Waals surface area (Å²) in [6.45, 7) is 0.379. The predicted octanol–water partition coefficient (Wildman–Crippen LogP) is 3.08. The molecule has 0 saturated carbocycles. The summed E-state index contributed by atoms with van der Waals surface area (Å²) in [5.41, 5.74) is 2.81. The molecule has 4 aromatic rings. The van der Waals surface area contributed by atoms with Gasteiger partial charge >= 0.3 is 0 Å². The highest BCUT2D eigenvalue weighted by Crippen LogP contribution is 2.19. The van der Waals surface area contributed by atoms with Crippen molar-refractivity contribution in [2.75, 3.05) is 6.54 Å². The zero-order valence-electron chi connectivity index (χ0n) is 15.1. The van der Waals surface area contributed by atoms with Gasteiger partial charge in [0.15, 0.2) is 5.76 Å². The number of aromatic nitrogens is 2. The minimum absolute atomic E-state index is 0.128. The number of carbonyl (C=O) groups excluding carboxylic acids is 1. The van der Waals surface area contributed by atoms with Crippen LogP contribution < -0.4 is 10.9 Å². The van der Waals surface area contributed by atoms with Crippen LogP contribution in [0.1, 0.15) is 11.3 Å². The van der Waals surface area contributed by atoms with Gasteiger partial charge in [-0.05, 0) is 23.9 Å². The largest absolute Gasteiger partial charge is 0.356 e. The number of nitrogens with zero attached hydrogens (tertiary/aromatic N) is 1. The maximum absolute atomic E-state index is 12.2. The molecule has 0 aliphatic heterocycles. The van der Waals surface area contributed by atoms with Crippen molar-refractivity contribution in [3.63, 3.8) is 0 Å². The molecule has 0 saturated heterocycles. The quantitative estimate of drug-likeness (QED) is 0.544. The highest BCUT2D eigenvalue weighted by Gasteiger charge is 2.11. The van der Waals surface area contributed by atoms with Crippen LogP contribution in [0.3, 0.4) is 0 Å². The van der Waals surface area contributed by atoms with Crippen molar-refractivity contribution < 1.29 is 9.32 Å². The maximum Gasteiger partial charge on any atom is 0.251 e. The number of benzene rings is 2. The van der Waals surface area contributed by atoms with Gasteiger partial charge in [0.25, 0.3) is 5.56 Å². The number of fused-ring (bicyclic) bond motifs is 1. The summed E-state index contributed by atoms with van der Waals surface area (Å²) in [4.78, 5) is 27.2. The van der Waals surface area contributed by atoms with Crippen LogP contribution in [0.2, 0.25) is 0 Å². The van der Waals surface area contributed by atoms with Gasteiger partial charge in [0.2, 0.25) is 5.91 Å². The average Bonchev–Trinajstić information content (AvgIpc) is 3.17. The SMILES string of the molecule is O=C(Cc1cc(-c2ccccc2)on1)NCCc1cc2ccccc2[nH]c1=O. The molecule has 140 valence electrons. The maximum atomic E-state index is 12.2. The third-order valence-electron chi connectivity index (χ3n) is 4.51. The number of para-hydroxylation sites is 1. The second-order valence-electron chi connectivity index (χ2n) is 6.54. The van der Waals surface area contributed by atoms with Gasteiger partial charge in [-0.1, -0.05) is 53.7 Å². The summed E-state index contributed by atoms with van der Waals surface area (Å²) >= 11 is 0. The van der Waals surface area contributed by atoms with E-state index >= 15 is 0 Å². The van der Waals surface area contributed by atoms with Gasteiger partial charge in [-0.2, -0.15) is 0 Å². The van der Waals surface area contributed by atoms with Crippen LogP contribution in [0.4, 0.5) is 0 Å². The first-order valence-electron chi connectivity index (χ1n) is 9.08. The first-order chi connectivity index (χ1) is 13.7. The summed E-state index contributed by atoms with van der Waals surface area (Å²) in [5.74, 6) is 0.469.